The van der Waals surface area contributed by atoms with E-state index in [9.17, 15) is 9.18 Å². The second kappa shape index (κ2) is 10.7. The largest absolute Gasteiger partial charge is 0.491 e. The number of hydrogen-bond donors (Lipinski definition) is 1. The van der Waals surface area contributed by atoms with Gasteiger partial charge in [-0.1, -0.05) is 24.3 Å². The molecule has 3 aromatic rings. The van der Waals surface area contributed by atoms with Crippen molar-refractivity contribution < 1.29 is 23.4 Å². The molecule has 2 unspecified atom stereocenters. The van der Waals surface area contributed by atoms with Crippen molar-refractivity contribution in [2.75, 3.05) is 33.9 Å². The van der Waals surface area contributed by atoms with Gasteiger partial charge in [0.05, 0.1) is 19.3 Å². The van der Waals surface area contributed by atoms with E-state index in [-0.39, 0.29) is 23.5 Å². The Balaban J connectivity index is 1.19. The minimum atomic E-state index is -0.407. The monoisotopic (exact) mass is 494 g/mol. The van der Waals surface area contributed by atoms with Crippen molar-refractivity contribution in [3.8, 4) is 11.6 Å². The number of halogens is 1. The number of benzene rings is 2. The summed E-state index contributed by atoms with van der Waals surface area (Å²) in [6.45, 7) is 3.00. The Bertz CT molecular complexity index is 1230. The molecule has 5 rings (SSSR count). The van der Waals surface area contributed by atoms with E-state index < -0.39 is 6.10 Å². The van der Waals surface area contributed by atoms with Crippen molar-refractivity contribution in [1.29, 1.82) is 0 Å². The van der Waals surface area contributed by atoms with Crippen LogP contribution >= 0.6 is 0 Å². The maximum absolute atomic E-state index is 14.2. The van der Waals surface area contributed by atoms with E-state index in [0.717, 1.165) is 23.4 Å². The van der Waals surface area contributed by atoms with Crippen LogP contribution in [0.5, 0.6) is 11.6 Å². The molecule has 8 nitrogen and oxygen atoms in total. The Morgan fingerprint density at radius 3 is 2.94 bits per heavy atom. The molecule has 2 aliphatic heterocycles. The number of nitrogens with one attached hydrogen (secondary N) is 1. The van der Waals surface area contributed by atoms with Crippen molar-refractivity contribution in [3.63, 3.8) is 0 Å². The van der Waals surface area contributed by atoms with Gasteiger partial charge in [-0.25, -0.2) is 9.07 Å². The molecule has 1 N–H and O–H groups in total. The second-order valence-corrected chi connectivity index (χ2v) is 9.49. The third-order valence-corrected chi connectivity index (χ3v) is 6.41. The Morgan fingerprint density at radius 1 is 1.25 bits per heavy atom. The van der Waals surface area contributed by atoms with Gasteiger partial charge in [0.2, 0.25) is 5.88 Å². The van der Waals surface area contributed by atoms with Crippen LogP contribution in [0.15, 0.2) is 48.5 Å². The molecule has 3 heterocycles. The minimum Gasteiger partial charge on any atom is -0.491 e. The highest BCUT2D eigenvalue weighted by atomic mass is 19.1. The highest BCUT2D eigenvalue weighted by molar-refractivity contribution is 5.92. The zero-order valence-electron chi connectivity index (χ0n) is 20.6. The summed E-state index contributed by atoms with van der Waals surface area (Å²) in [5.74, 6) is 0.712. The predicted molar refractivity (Wildman–Crippen MR) is 132 cm³/mol. The van der Waals surface area contributed by atoms with Crippen LogP contribution in [-0.4, -0.2) is 60.5 Å². The molecule has 0 spiro atoms. The minimum absolute atomic E-state index is 0.180. The van der Waals surface area contributed by atoms with Crippen LogP contribution in [0.25, 0.3) is 0 Å². The molecule has 2 aromatic carbocycles. The van der Waals surface area contributed by atoms with Crippen molar-refractivity contribution in [3.05, 3.63) is 76.7 Å². The highest BCUT2D eigenvalue weighted by Crippen LogP contribution is 2.32. The van der Waals surface area contributed by atoms with E-state index in [1.807, 2.05) is 26.2 Å². The lowest BCUT2D eigenvalue weighted by atomic mass is 10.0. The summed E-state index contributed by atoms with van der Waals surface area (Å²) in [7, 11) is 4.03. The summed E-state index contributed by atoms with van der Waals surface area (Å²) in [4.78, 5) is 15.0. The van der Waals surface area contributed by atoms with Gasteiger partial charge in [-0.3, -0.25) is 4.79 Å². The van der Waals surface area contributed by atoms with Crippen LogP contribution in [0.1, 0.15) is 39.7 Å². The number of ether oxygens (including phenoxy) is 3. The molecule has 2 atom stereocenters. The first-order valence-electron chi connectivity index (χ1n) is 12.2. The number of carbonyl (C=O) groups is 1. The Hall–Kier alpha value is -3.43. The zero-order chi connectivity index (χ0) is 25.1. The first kappa shape index (κ1) is 24.3. The van der Waals surface area contributed by atoms with Crippen molar-refractivity contribution in [1.82, 2.24) is 20.0 Å². The Kier molecular flexibility index (Phi) is 7.20. The average molecular weight is 495 g/mol. The third-order valence-electron chi connectivity index (χ3n) is 6.41. The van der Waals surface area contributed by atoms with Crippen LogP contribution in [0.3, 0.4) is 0 Å². The number of fused-ring (bicyclic) bond motifs is 2. The molecule has 0 fully saturated rings. The summed E-state index contributed by atoms with van der Waals surface area (Å²) in [5, 5.41) is 7.43. The lowest BCUT2D eigenvalue weighted by Gasteiger charge is -2.26. The van der Waals surface area contributed by atoms with Gasteiger partial charge in [0.15, 0.2) is 5.69 Å². The first-order valence-corrected chi connectivity index (χ1v) is 12.2. The van der Waals surface area contributed by atoms with Gasteiger partial charge < -0.3 is 24.4 Å². The predicted octanol–water partition coefficient (Wildman–Crippen LogP) is 3.36. The van der Waals surface area contributed by atoms with Crippen molar-refractivity contribution >= 4 is 5.91 Å². The fraction of sp³-hybridized carbons (Fsp3) is 0.407. The molecule has 0 saturated heterocycles. The van der Waals surface area contributed by atoms with Gasteiger partial charge in [0.1, 0.15) is 24.3 Å². The Morgan fingerprint density at radius 2 is 2.11 bits per heavy atom. The topological polar surface area (TPSA) is 77.9 Å². The van der Waals surface area contributed by atoms with Gasteiger partial charge >= 0.3 is 0 Å². The molecule has 9 heteroatoms. The lowest BCUT2D eigenvalue weighted by molar-refractivity contribution is 0.0908. The van der Waals surface area contributed by atoms with E-state index in [2.05, 4.69) is 21.4 Å². The van der Waals surface area contributed by atoms with Crippen LogP contribution in [0.4, 0.5) is 4.39 Å². The van der Waals surface area contributed by atoms with Crippen molar-refractivity contribution in [2.45, 2.75) is 38.1 Å². The number of rotatable bonds is 8. The molecule has 1 aromatic heterocycles. The standard InChI is InChI=1S/C27H31FN4O4/c1-31(2)11-12-34-16-18-7-8-24-19(13-18)14-20(17-35-24)29-27(33)23-15-26-32(30-23)10-9-25(36-26)21-5-3-4-6-22(21)28/h3-8,13,15,20,25H,9-12,14,16-17H2,1-2H3,(H,29,33). The fourth-order valence-electron chi connectivity index (χ4n) is 4.49. The van der Waals surface area contributed by atoms with Crippen LogP contribution in [0, 0.1) is 5.82 Å². The maximum atomic E-state index is 14.2. The number of carbonyl (C=O) groups excluding carboxylic acids is 1. The quantitative estimate of drug-likeness (QED) is 0.484. The average Bonchev–Trinajstić information content (AvgIpc) is 3.30. The van der Waals surface area contributed by atoms with Gasteiger partial charge in [0, 0.05) is 31.1 Å². The molecular formula is C27H31FN4O4. The molecule has 0 radical (unpaired) electrons. The maximum Gasteiger partial charge on any atom is 0.272 e. The lowest BCUT2D eigenvalue weighted by Crippen LogP contribution is -2.43. The van der Waals surface area contributed by atoms with E-state index >= 15 is 0 Å². The molecule has 36 heavy (non-hydrogen) atoms. The second-order valence-electron chi connectivity index (χ2n) is 9.49. The van der Waals surface area contributed by atoms with Gasteiger partial charge in [0.25, 0.3) is 5.91 Å². The first-order chi connectivity index (χ1) is 17.5. The van der Waals surface area contributed by atoms with Gasteiger partial charge in [-0.15, -0.1) is 0 Å². The normalized spacial score (nSPS) is 18.7. The van der Waals surface area contributed by atoms with Crippen molar-refractivity contribution in [2.24, 2.45) is 0 Å². The van der Waals surface area contributed by atoms with Crippen LogP contribution in [-0.2, 0) is 24.3 Å². The smallest absolute Gasteiger partial charge is 0.272 e. The number of nitrogens with zero attached hydrogens (tertiary/aromatic N) is 3. The summed E-state index contributed by atoms with van der Waals surface area (Å²) in [6.07, 6.45) is 0.826. The van der Waals surface area contributed by atoms with Crippen LogP contribution in [0.2, 0.25) is 0 Å². The molecule has 0 bridgehead atoms. The molecule has 2 aliphatic rings. The van der Waals surface area contributed by atoms with E-state index in [1.54, 1.807) is 28.9 Å². The van der Waals surface area contributed by atoms with Crippen LogP contribution < -0.4 is 14.8 Å². The molecule has 190 valence electrons. The fourth-order valence-corrected chi connectivity index (χ4v) is 4.49. The molecule has 0 aliphatic carbocycles. The van der Waals surface area contributed by atoms with E-state index in [0.29, 0.717) is 50.7 Å². The number of likely N-dealkylation sites (N-methyl/N-ethyl adjacent to an activating group) is 1. The number of aromatic nitrogens is 2. The summed E-state index contributed by atoms with van der Waals surface area (Å²) >= 11 is 0. The molecule has 1 amide bonds. The number of aryl methyl sites for hydroxylation is 1. The van der Waals surface area contributed by atoms with Gasteiger partial charge in [-0.05, 0) is 49.8 Å². The third kappa shape index (κ3) is 5.52. The summed E-state index contributed by atoms with van der Waals surface area (Å²) in [6, 6.07) is 14.1. The number of amides is 1. The highest BCUT2D eigenvalue weighted by Gasteiger charge is 2.28. The summed E-state index contributed by atoms with van der Waals surface area (Å²) < 4.78 is 33.5. The number of hydrogen-bond acceptors (Lipinski definition) is 6. The Labute approximate surface area is 209 Å². The SMILES string of the molecule is CN(C)CCOCc1ccc2c(c1)CC(NC(=O)c1cc3n(n1)CCC(c1ccccc1F)O3)CO2. The van der Waals surface area contributed by atoms with E-state index in [1.165, 1.54) is 6.07 Å². The van der Waals surface area contributed by atoms with E-state index in [4.69, 9.17) is 14.2 Å². The molecular weight excluding hydrogens is 463 g/mol. The zero-order valence-corrected chi connectivity index (χ0v) is 20.6. The van der Waals surface area contributed by atoms with Gasteiger partial charge in [-0.2, -0.15) is 5.10 Å². The summed E-state index contributed by atoms with van der Waals surface area (Å²) in [5.41, 5.74) is 2.90. The molecule has 0 saturated carbocycles.